The number of nitrogens with one attached hydrogen (secondary N) is 1. The number of hydrogen-bond acceptors (Lipinski definition) is 4. The molecule has 3 heterocycles. The SMILES string of the molecule is Cn1ccc(CNc2nc3c(Br)cccn3n2)n1. The van der Waals surface area contributed by atoms with Crippen LogP contribution in [0.15, 0.2) is 35.1 Å². The number of fused-ring (bicyclic) bond motifs is 1. The van der Waals surface area contributed by atoms with Crippen LogP contribution in [-0.4, -0.2) is 24.4 Å². The first-order valence-corrected chi connectivity index (χ1v) is 6.25. The molecule has 0 bridgehead atoms. The highest BCUT2D eigenvalue weighted by Crippen LogP contribution is 2.16. The fraction of sp³-hybridized carbons (Fsp3) is 0.182. The van der Waals surface area contributed by atoms with Gasteiger partial charge in [0, 0.05) is 19.4 Å². The largest absolute Gasteiger partial charge is 0.347 e. The maximum Gasteiger partial charge on any atom is 0.243 e. The van der Waals surface area contributed by atoms with E-state index in [0.29, 0.717) is 12.5 Å². The van der Waals surface area contributed by atoms with E-state index in [0.717, 1.165) is 15.8 Å². The molecule has 0 aliphatic rings. The van der Waals surface area contributed by atoms with E-state index in [1.54, 1.807) is 9.20 Å². The molecule has 0 aliphatic carbocycles. The van der Waals surface area contributed by atoms with Gasteiger partial charge in [0.2, 0.25) is 5.95 Å². The highest BCUT2D eigenvalue weighted by Gasteiger charge is 2.06. The predicted molar refractivity (Wildman–Crippen MR) is 71.2 cm³/mol. The van der Waals surface area contributed by atoms with Gasteiger partial charge < -0.3 is 5.32 Å². The van der Waals surface area contributed by atoms with E-state index in [1.807, 2.05) is 37.6 Å². The summed E-state index contributed by atoms with van der Waals surface area (Å²) in [6.45, 7) is 0.606. The lowest BCUT2D eigenvalue weighted by Crippen LogP contribution is -2.02. The molecule has 0 saturated carbocycles. The molecule has 0 spiro atoms. The van der Waals surface area contributed by atoms with Crippen molar-refractivity contribution in [3.63, 3.8) is 0 Å². The van der Waals surface area contributed by atoms with E-state index in [4.69, 9.17) is 0 Å². The molecule has 0 fully saturated rings. The van der Waals surface area contributed by atoms with Gasteiger partial charge in [0.25, 0.3) is 0 Å². The van der Waals surface area contributed by atoms with Crippen molar-refractivity contribution in [2.45, 2.75) is 6.54 Å². The first kappa shape index (κ1) is 11.2. The molecule has 6 nitrogen and oxygen atoms in total. The van der Waals surface area contributed by atoms with E-state index in [2.05, 4.69) is 36.4 Å². The number of halogens is 1. The van der Waals surface area contributed by atoms with Gasteiger partial charge in [0.1, 0.15) is 0 Å². The number of rotatable bonds is 3. The van der Waals surface area contributed by atoms with Gasteiger partial charge in [0.05, 0.1) is 16.7 Å². The summed E-state index contributed by atoms with van der Waals surface area (Å²) in [5.41, 5.74) is 1.75. The Morgan fingerprint density at radius 2 is 2.17 bits per heavy atom. The Morgan fingerprint density at radius 3 is 2.89 bits per heavy atom. The summed E-state index contributed by atoms with van der Waals surface area (Å²) in [7, 11) is 1.89. The number of anilines is 1. The van der Waals surface area contributed by atoms with Crippen LogP contribution in [0.3, 0.4) is 0 Å². The Bertz CT molecular complexity index is 686. The van der Waals surface area contributed by atoms with Crippen LogP contribution >= 0.6 is 15.9 Å². The predicted octanol–water partition coefficient (Wildman–Crippen LogP) is 1.84. The van der Waals surface area contributed by atoms with Crippen molar-refractivity contribution < 1.29 is 0 Å². The third kappa shape index (κ3) is 2.08. The van der Waals surface area contributed by atoms with Crippen molar-refractivity contribution in [2.75, 3.05) is 5.32 Å². The molecule has 0 atom stereocenters. The van der Waals surface area contributed by atoms with Gasteiger partial charge in [-0.3, -0.25) is 4.68 Å². The Balaban J connectivity index is 1.81. The van der Waals surface area contributed by atoms with Crippen LogP contribution in [0, 0.1) is 0 Å². The van der Waals surface area contributed by atoms with Crippen molar-refractivity contribution in [1.29, 1.82) is 0 Å². The maximum absolute atomic E-state index is 4.39. The molecule has 0 aromatic carbocycles. The molecule has 92 valence electrons. The van der Waals surface area contributed by atoms with Crippen LogP contribution < -0.4 is 5.32 Å². The zero-order valence-corrected chi connectivity index (χ0v) is 11.3. The molecular weight excluding hydrogens is 296 g/mol. The highest BCUT2D eigenvalue weighted by molar-refractivity contribution is 9.10. The van der Waals surface area contributed by atoms with E-state index in [-0.39, 0.29) is 0 Å². The molecule has 0 aliphatic heterocycles. The summed E-state index contributed by atoms with van der Waals surface area (Å²) in [5.74, 6) is 0.590. The number of aryl methyl sites for hydroxylation is 1. The molecular formula is C11H11BrN6. The molecule has 0 radical (unpaired) electrons. The lowest BCUT2D eigenvalue weighted by Gasteiger charge is -1.96. The van der Waals surface area contributed by atoms with Crippen LogP contribution in [0.5, 0.6) is 0 Å². The number of aromatic nitrogens is 5. The zero-order valence-electron chi connectivity index (χ0n) is 9.71. The minimum Gasteiger partial charge on any atom is -0.347 e. The van der Waals surface area contributed by atoms with Crippen LogP contribution in [0.2, 0.25) is 0 Å². The molecule has 7 heteroatoms. The fourth-order valence-electron chi connectivity index (χ4n) is 1.68. The molecule has 1 N–H and O–H groups in total. The van der Waals surface area contributed by atoms with E-state index in [9.17, 15) is 0 Å². The lowest BCUT2D eigenvalue weighted by molar-refractivity contribution is 0.746. The monoisotopic (exact) mass is 306 g/mol. The van der Waals surface area contributed by atoms with Crippen molar-refractivity contribution in [2.24, 2.45) is 7.05 Å². The average Bonchev–Trinajstić information content (AvgIpc) is 2.93. The second-order valence-corrected chi connectivity index (χ2v) is 4.75. The average molecular weight is 307 g/mol. The first-order chi connectivity index (χ1) is 8.72. The van der Waals surface area contributed by atoms with E-state index < -0.39 is 0 Å². The summed E-state index contributed by atoms with van der Waals surface area (Å²) < 4.78 is 4.42. The van der Waals surface area contributed by atoms with Crippen LogP contribution in [0.1, 0.15) is 5.69 Å². The minimum atomic E-state index is 0.590. The number of nitrogens with zero attached hydrogens (tertiary/aromatic N) is 5. The van der Waals surface area contributed by atoms with Crippen molar-refractivity contribution >= 4 is 27.5 Å². The van der Waals surface area contributed by atoms with Gasteiger partial charge in [0.15, 0.2) is 5.65 Å². The number of hydrogen-bond donors (Lipinski definition) is 1. The van der Waals surface area contributed by atoms with Gasteiger partial charge in [-0.25, -0.2) is 4.52 Å². The normalized spacial score (nSPS) is 11.0. The van der Waals surface area contributed by atoms with Crippen LogP contribution in [0.25, 0.3) is 5.65 Å². The Hall–Kier alpha value is -1.89. The molecule has 0 amide bonds. The van der Waals surface area contributed by atoms with Gasteiger partial charge >= 0.3 is 0 Å². The summed E-state index contributed by atoms with van der Waals surface area (Å²) in [6.07, 6.45) is 3.77. The minimum absolute atomic E-state index is 0.590. The molecule has 3 rings (SSSR count). The Kier molecular flexibility index (Phi) is 2.75. The third-order valence-electron chi connectivity index (χ3n) is 2.51. The molecule has 0 unspecified atom stereocenters. The Morgan fingerprint density at radius 1 is 1.28 bits per heavy atom. The molecule has 18 heavy (non-hydrogen) atoms. The smallest absolute Gasteiger partial charge is 0.243 e. The van der Waals surface area contributed by atoms with Gasteiger partial charge in [-0.15, -0.1) is 5.10 Å². The van der Waals surface area contributed by atoms with E-state index >= 15 is 0 Å². The topological polar surface area (TPSA) is 60.0 Å². The second kappa shape index (κ2) is 4.41. The lowest BCUT2D eigenvalue weighted by atomic mass is 10.4. The second-order valence-electron chi connectivity index (χ2n) is 3.89. The summed E-state index contributed by atoms with van der Waals surface area (Å²) in [5, 5.41) is 11.8. The van der Waals surface area contributed by atoms with Crippen molar-refractivity contribution in [3.8, 4) is 0 Å². The fourth-order valence-corrected chi connectivity index (χ4v) is 2.10. The third-order valence-corrected chi connectivity index (χ3v) is 3.13. The molecule has 0 saturated heterocycles. The summed E-state index contributed by atoms with van der Waals surface area (Å²) in [4.78, 5) is 4.39. The molecule has 3 aromatic heterocycles. The molecule has 3 aromatic rings. The summed E-state index contributed by atoms with van der Waals surface area (Å²) >= 11 is 3.44. The summed E-state index contributed by atoms with van der Waals surface area (Å²) in [6, 6.07) is 5.81. The highest BCUT2D eigenvalue weighted by atomic mass is 79.9. The maximum atomic E-state index is 4.39. The van der Waals surface area contributed by atoms with Crippen molar-refractivity contribution in [1.82, 2.24) is 24.4 Å². The first-order valence-electron chi connectivity index (χ1n) is 5.46. The number of pyridine rings is 1. The van der Waals surface area contributed by atoms with Crippen LogP contribution in [0.4, 0.5) is 5.95 Å². The van der Waals surface area contributed by atoms with Gasteiger partial charge in [-0.2, -0.15) is 10.1 Å². The van der Waals surface area contributed by atoms with Gasteiger partial charge in [-0.05, 0) is 34.1 Å². The van der Waals surface area contributed by atoms with E-state index in [1.165, 1.54) is 0 Å². The van der Waals surface area contributed by atoms with Crippen molar-refractivity contribution in [3.05, 3.63) is 40.8 Å². The van der Waals surface area contributed by atoms with Gasteiger partial charge in [-0.1, -0.05) is 0 Å². The Labute approximate surface area is 112 Å². The van der Waals surface area contributed by atoms with Crippen LogP contribution in [-0.2, 0) is 13.6 Å². The standard InChI is InChI=1S/C11H11BrN6/c1-17-6-4-8(15-17)7-13-11-14-10-9(12)3-2-5-18(10)16-11/h2-6H,7H2,1H3,(H,13,16). The zero-order chi connectivity index (χ0) is 12.5. The quantitative estimate of drug-likeness (QED) is 0.802.